The minimum atomic E-state index is -3.57. The lowest BCUT2D eigenvalue weighted by molar-refractivity contribution is 0.127. The molecular formula is C11H13FO3S. The van der Waals surface area contributed by atoms with Gasteiger partial charge in [-0.15, -0.1) is 0 Å². The van der Waals surface area contributed by atoms with Crippen molar-refractivity contribution in [2.45, 2.75) is 23.8 Å². The van der Waals surface area contributed by atoms with Gasteiger partial charge in [-0.2, -0.15) is 0 Å². The summed E-state index contributed by atoms with van der Waals surface area (Å²) < 4.78 is 42.4. The molecule has 0 radical (unpaired) electrons. The normalized spacial score (nSPS) is 21.2. The number of halogens is 1. The molecule has 0 saturated carbocycles. The molecule has 0 aliphatic carbocycles. The van der Waals surface area contributed by atoms with E-state index in [2.05, 4.69) is 0 Å². The summed E-state index contributed by atoms with van der Waals surface area (Å²) in [5, 5.41) is 0. The fourth-order valence-corrected chi connectivity index (χ4v) is 3.39. The first kappa shape index (κ1) is 11.5. The Bertz CT molecular complexity index is 464. The largest absolute Gasteiger partial charge is 0.377 e. The van der Waals surface area contributed by atoms with Crippen molar-refractivity contribution in [3.05, 3.63) is 30.1 Å². The second kappa shape index (κ2) is 4.51. The molecule has 1 saturated heterocycles. The zero-order valence-electron chi connectivity index (χ0n) is 8.73. The van der Waals surface area contributed by atoms with E-state index in [1.807, 2.05) is 0 Å². The van der Waals surface area contributed by atoms with Gasteiger partial charge in [-0.1, -0.05) is 12.1 Å². The molecule has 0 bridgehead atoms. The van der Waals surface area contributed by atoms with E-state index in [9.17, 15) is 12.8 Å². The minimum absolute atomic E-state index is 0.131. The molecule has 0 N–H and O–H groups in total. The second-order valence-electron chi connectivity index (χ2n) is 3.85. The fraction of sp³-hybridized carbons (Fsp3) is 0.455. The van der Waals surface area contributed by atoms with Crippen molar-refractivity contribution in [3.63, 3.8) is 0 Å². The summed E-state index contributed by atoms with van der Waals surface area (Å²) in [7, 11) is -3.57. The predicted molar refractivity (Wildman–Crippen MR) is 57.4 cm³/mol. The predicted octanol–water partition coefficient (Wildman–Crippen LogP) is 1.78. The average molecular weight is 244 g/mol. The average Bonchev–Trinajstić information content (AvgIpc) is 2.70. The van der Waals surface area contributed by atoms with Gasteiger partial charge >= 0.3 is 0 Å². The van der Waals surface area contributed by atoms with Crippen LogP contribution >= 0.6 is 0 Å². The Labute approximate surface area is 94.2 Å². The Balaban J connectivity index is 2.21. The zero-order chi connectivity index (χ0) is 11.6. The number of hydrogen-bond donors (Lipinski definition) is 0. The summed E-state index contributed by atoms with van der Waals surface area (Å²) in [4.78, 5) is -0.231. The van der Waals surface area contributed by atoms with Crippen molar-refractivity contribution in [2.75, 3.05) is 12.4 Å². The van der Waals surface area contributed by atoms with Crippen LogP contribution in [0.4, 0.5) is 4.39 Å². The van der Waals surface area contributed by atoms with Gasteiger partial charge in [0.25, 0.3) is 0 Å². The monoisotopic (exact) mass is 244 g/mol. The fourth-order valence-electron chi connectivity index (χ4n) is 1.81. The molecule has 1 aliphatic heterocycles. The van der Waals surface area contributed by atoms with E-state index >= 15 is 0 Å². The van der Waals surface area contributed by atoms with Gasteiger partial charge in [0, 0.05) is 6.61 Å². The van der Waals surface area contributed by atoms with E-state index in [1.54, 1.807) is 0 Å². The van der Waals surface area contributed by atoms with Crippen molar-refractivity contribution < 1.29 is 17.5 Å². The maximum Gasteiger partial charge on any atom is 0.183 e. The van der Waals surface area contributed by atoms with Crippen LogP contribution in [-0.2, 0) is 14.6 Å². The third kappa shape index (κ3) is 2.41. The smallest absolute Gasteiger partial charge is 0.183 e. The highest BCUT2D eigenvalue weighted by atomic mass is 32.2. The molecule has 0 spiro atoms. The van der Waals surface area contributed by atoms with Gasteiger partial charge in [-0.3, -0.25) is 0 Å². The van der Waals surface area contributed by atoms with Crippen LogP contribution in [-0.4, -0.2) is 26.9 Å². The van der Waals surface area contributed by atoms with Gasteiger partial charge in [0.1, 0.15) is 10.7 Å². The minimum Gasteiger partial charge on any atom is -0.377 e. The Morgan fingerprint density at radius 1 is 1.38 bits per heavy atom. The van der Waals surface area contributed by atoms with E-state index in [1.165, 1.54) is 18.2 Å². The van der Waals surface area contributed by atoms with Gasteiger partial charge in [0.05, 0.1) is 11.9 Å². The lowest BCUT2D eigenvalue weighted by Crippen LogP contribution is -2.21. The maximum atomic E-state index is 13.3. The van der Waals surface area contributed by atoms with E-state index in [4.69, 9.17) is 4.74 Å². The van der Waals surface area contributed by atoms with Crippen LogP contribution in [0, 0.1) is 5.82 Å². The summed E-state index contributed by atoms with van der Waals surface area (Å²) >= 11 is 0. The van der Waals surface area contributed by atoms with Gasteiger partial charge in [-0.25, -0.2) is 12.8 Å². The van der Waals surface area contributed by atoms with Gasteiger partial charge < -0.3 is 4.74 Å². The van der Waals surface area contributed by atoms with Gasteiger partial charge in [-0.05, 0) is 25.0 Å². The Morgan fingerprint density at radius 3 is 2.75 bits per heavy atom. The molecule has 1 fully saturated rings. The quantitative estimate of drug-likeness (QED) is 0.814. The van der Waals surface area contributed by atoms with Crippen LogP contribution in [0.3, 0.4) is 0 Å². The first-order valence-corrected chi connectivity index (χ1v) is 6.84. The third-order valence-corrected chi connectivity index (χ3v) is 4.41. The van der Waals surface area contributed by atoms with Crippen molar-refractivity contribution in [1.29, 1.82) is 0 Å². The first-order valence-electron chi connectivity index (χ1n) is 5.18. The lowest BCUT2D eigenvalue weighted by Gasteiger charge is -2.10. The molecule has 1 heterocycles. The third-order valence-electron chi connectivity index (χ3n) is 2.60. The molecule has 5 heteroatoms. The lowest BCUT2D eigenvalue weighted by atomic mass is 10.3. The number of hydrogen-bond acceptors (Lipinski definition) is 3. The van der Waals surface area contributed by atoms with E-state index in [0.29, 0.717) is 6.61 Å². The molecule has 0 aromatic heterocycles. The molecule has 88 valence electrons. The van der Waals surface area contributed by atoms with E-state index < -0.39 is 15.7 Å². The first-order chi connectivity index (χ1) is 7.59. The molecule has 3 nitrogen and oxygen atoms in total. The summed E-state index contributed by atoms with van der Waals surface area (Å²) in [6.45, 7) is 0.595. The second-order valence-corrected chi connectivity index (χ2v) is 5.85. The van der Waals surface area contributed by atoms with Crippen molar-refractivity contribution in [1.82, 2.24) is 0 Å². The van der Waals surface area contributed by atoms with E-state index in [0.717, 1.165) is 18.9 Å². The van der Waals surface area contributed by atoms with Gasteiger partial charge in [0.2, 0.25) is 0 Å². The van der Waals surface area contributed by atoms with Crippen LogP contribution in [0.25, 0.3) is 0 Å². The maximum absolute atomic E-state index is 13.3. The summed E-state index contributed by atoms with van der Waals surface area (Å²) in [6.07, 6.45) is 1.31. The summed E-state index contributed by atoms with van der Waals surface area (Å²) in [5.41, 5.74) is 0. The highest BCUT2D eigenvalue weighted by molar-refractivity contribution is 7.91. The summed E-state index contributed by atoms with van der Waals surface area (Å²) in [5.74, 6) is -0.825. The van der Waals surface area contributed by atoms with Crippen LogP contribution < -0.4 is 0 Å². The molecule has 2 rings (SSSR count). The molecular weight excluding hydrogens is 231 g/mol. The molecule has 16 heavy (non-hydrogen) atoms. The Morgan fingerprint density at radius 2 is 2.12 bits per heavy atom. The zero-order valence-corrected chi connectivity index (χ0v) is 9.54. The Kier molecular flexibility index (Phi) is 3.25. The number of rotatable bonds is 3. The van der Waals surface area contributed by atoms with Crippen molar-refractivity contribution in [3.8, 4) is 0 Å². The SMILES string of the molecule is O=S(=O)(CC1CCCO1)c1ccccc1F. The molecule has 1 unspecified atom stereocenters. The molecule has 1 aliphatic rings. The van der Waals surface area contributed by atoms with Crippen LogP contribution in [0.15, 0.2) is 29.2 Å². The number of benzene rings is 1. The standard InChI is InChI=1S/C11H13FO3S/c12-10-5-1-2-6-11(10)16(13,14)8-9-4-3-7-15-9/h1-2,5-6,9H,3-4,7-8H2. The van der Waals surface area contributed by atoms with Gasteiger partial charge in [0.15, 0.2) is 9.84 Å². The van der Waals surface area contributed by atoms with E-state index in [-0.39, 0.29) is 16.8 Å². The Hall–Kier alpha value is -0.940. The van der Waals surface area contributed by atoms with Crippen LogP contribution in [0.5, 0.6) is 0 Å². The highest BCUT2D eigenvalue weighted by Crippen LogP contribution is 2.20. The molecule has 1 aromatic carbocycles. The number of ether oxygens (including phenoxy) is 1. The summed E-state index contributed by atoms with van der Waals surface area (Å²) in [6, 6.07) is 5.44. The number of sulfone groups is 1. The highest BCUT2D eigenvalue weighted by Gasteiger charge is 2.26. The van der Waals surface area contributed by atoms with Crippen LogP contribution in [0.2, 0.25) is 0 Å². The molecule has 1 atom stereocenters. The van der Waals surface area contributed by atoms with Crippen molar-refractivity contribution in [2.24, 2.45) is 0 Å². The topological polar surface area (TPSA) is 43.4 Å². The molecule has 0 amide bonds. The van der Waals surface area contributed by atoms with Crippen LogP contribution in [0.1, 0.15) is 12.8 Å². The molecule has 1 aromatic rings. The van der Waals surface area contributed by atoms with Crippen molar-refractivity contribution >= 4 is 9.84 Å².